The second-order valence-electron chi connectivity index (χ2n) is 16.6. The molecule has 6 aromatic rings. The maximum atomic E-state index is 5.45. The number of nitrogens with one attached hydrogen (secondary N) is 1. The molecule has 0 spiro atoms. The van der Waals surface area contributed by atoms with Crippen molar-refractivity contribution in [2.24, 2.45) is 15.9 Å². The van der Waals surface area contributed by atoms with E-state index in [1.807, 2.05) is 22.7 Å². The van der Waals surface area contributed by atoms with E-state index in [0.717, 1.165) is 62.3 Å². The van der Waals surface area contributed by atoms with Gasteiger partial charge < -0.3 is 15.1 Å². The fraction of sp³-hybridized carbons (Fsp3) is 0.255. The smallest absolute Gasteiger partial charge is 0.158 e. The summed E-state index contributed by atoms with van der Waals surface area (Å²) in [6, 6.07) is 29.7. The molecule has 6 aliphatic rings. The molecule has 5 heterocycles. The predicted molar refractivity (Wildman–Crippen MR) is 249 cm³/mol. The average Bonchev–Trinajstić information content (AvgIpc) is 3.93. The molecule has 3 aliphatic carbocycles. The van der Waals surface area contributed by atoms with E-state index in [4.69, 9.17) is 9.98 Å². The topological polar surface area (TPSA) is 43.2 Å². The molecule has 3 aliphatic heterocycles. The number of hydrogen-bond acceptors (Lipinski definition) is 7. The second kappa shape index (κ2) is 13.8. The van der Waals surface area contributed by atoms with Gasteiger partial charge in [0.2, 0.25) is 0 Å². The molecule has 286 valence electrons. The highest BCUT2D eigenvalue weighted by molar-refractivity contribution is 7.26. The zero-order valence-electron chi connectivity index (χ0n) is 32.6. The lowest BCUT2D eigenvalue weighted by Gasteiger charge is -2.45. The monoisotopic (exact) mass is 791 g/mol. The molecule has 0 saturated heterocycles. The van der Waals surface area contributed by atoms with Crippen LogP contribution in [0.3, 0.4) is 0 Å². The van der Waals surface area contributed by atoms with E-state index in [0.29, 0.717) is 0 Å². The maximum Gasteiger partial charge on any atom is 0.158 e. The highest BCUT2D eigenvalue weighted by Gasteiger charge is 2.45. The van der Waals surface area contributed by atoms with Gasteiger partial charge in [0.1, 0.15) is 12.0 Å². The molecule has 4 aromatic carbocycles. The lowest BCUT2D eigenvalue weighted by molar-refractivity contribution is 0.442. The summed E-state index contributed by atoms with van der Waals surface area (Å²) in [5, 5.41) is 8.04. The van der Waals surface area contributed by atoms with E-state index < -0.39 is 0 Å². The molecule has 7 heteroatoms. The predicted octanol–water partition coefficient (Wildman–Crippen LogP) is 11.9. The average molecular weight is 792 g/mol. The van der Waals surface area contributed by atoms with Crippen LogP contribution in [0.4, 0.5) is 11.4 Å². The lowest BCUT2D eigenvalue weighted by Crippen LogP contribution is -2.55. The number of thiophene rings is 2. The minimum atomic E-state index is -0.0802. The van der Waals surface area contributed by atoms with Crippen LogP contribution in [0.5, 0.6) is 0 Å². The maximum absolute atomic E-state index is 5.45. The summed E-state index contributed by atoms with van der Waals surface area (Å²) in [5.41, 5.74) is 9.74. The van der Waals surface area contributed by atoms with E-state index in [1.54, 1.807) is 0 Å². The van der Waals surface area contributed by atoms with E-state index in [-0.39, 0.29) is 30.2 Å². The van der Waals surface area contributed by atoms with E-state index in [9.17, 15) is 0 Å². The molecule has 12 rings (SSSR count). The minimum absolute atomic E-state index is 0.0802. The van der Waals surface area contributed by atoms with Gasteiger partial charge in [0, 0.05) is 70.8 Å². The van der Waals surface area contributed by atoms with Crippen molar-refractivity contribution in [3.05, 3.63) is 155 Å². The molecular formula is C51H45N5S2. The number of aliphatic imine (C=N–C) groups is 2. The minimum Gasteiger partial charge on any atom is -0.361 e. The fourth-order valence-corrected chi connectivity index (χ4v) is 13.3. The van der Waals surface area contributed by atoms with Crippen LogP contribution in [-0.2, 0) is 12.8 Å². The van der Waals surface area contributed by atoms with Gasteiger partial charge in [-0.2, -0.15) is 0 Å². The van der Waals surface area contributed by atoms with Gasteiger partial charge >= 0.3 is 0 Å². The number of amidine groups is 2. The van der Waals surface area contributed by atoms with Crippen LogP contribution in [0.25, 0.3) is 41.9 Å². The molecule has 1 N–H and O–H groups in total. The third-order valence-electron chi connectivity index (χ3n) is 13.2. The van der Waals surface area contributed by atoms with Crippen LogP contribution in [0, 0.1) is 5.92 Å². The third-order valence-corrected chi connectivity index (χ3v) is 15.7. The van der Waals surface area contributed by atoms with E-state index in [2.05, 4.69) is 156 Å². The molecule has 0 saturated carbocycles. The zero-order chi connectivity index (χ0) is 38.3. The summed E-state index contributed by atoms with van der Waals surface area (Å²) in [6.45, 7) is 3.05. The Morgan fingerprint density at radius 3 is 2.55 bits per heavy atom. The van der Waals surface area contributed by atoms with Gasteiger partial charge in [0.15, 0.2) is 5.84 Å². The number of nitrogens with zero attached hydrogens (tertiary/aromatic N) is 4. The Labute approximate surface area is 347 Å². The Balaban J connectivity index is 1.01. The van der Waals surface area contributed by atoms with Crippen LogP contribution in [0.15, 0.2) is 137 Å². The number of anilines is 2. The van der Waals surface area contributed by atoms with Gasteiger partial charge in [-0.25, -0.2) is 9.98 Å². The lowest BCUT2D eigenvalue weighted by atomic mass is 9.82. The summed E-state index contributed by atoms with van der Waals surface area (Å²) in [7, 11) is 0. The highest BCUT2D eigenvalue weighted by atomic mass is 32.1. The molecule has 5 nitrogen and oxygen atoms in total. The Hall–Kier alpha value is -5.50. The van der Waals surface area contributed by atoms with Crippen molar-refractivity contribution in [1.29, 1.82) is 0 Å². The van der Waals surface area contributed by atoms with Gasteiger partial charge in [-0.15, -0.1) is 22.7 Å². The van der Waals surface area contributed by atoms with Crippen molar-refractivity contribution in [3.63, 3.8) is 0 Å². The number of fused-ring (bicyclic) bond motifs is 12. The van der Waals surface area contributed by atoms with Crippen molar-refractivity contribution in [2.75, 3.05) is 16.3 Å². The van der Waals surface area contributed by atoms with Crippen molar-refractivity contribution in [1.82, 2.24) is 5.32 Å². The third kappa shape index (κ3) is 5.46. The van der Waals surface area contributed by atoms with Crippen molar-refractivity contribution >= 4 is 87.6 Å². The van der Waals surface area contributed by atoms with Gasteiger partial charge in [0.25, 0.3) is 0 Å². The Morgan fingerprint density at radius 2 is 1.60 bits per heavy atom. The number of aryl methyl sites for hydroxylation is 2. The van der Waals surface area contributed by atoms with Crippen LogP contribution >= 0.6 is 22.7 Å². The highest BCUT2D eigenvalue weighted by Crippen LogP contribution is 2.53. The van der Waals surface area contributed by atoms with Crippen molar-refractivity contribution in [3.8, 4) is 0 Å². The standard InChI is InChI=1S/C51H45N5S2/c1-31-52-50(32-14-4-2-5-15-32)54-51(53-31)40-30-33(55-29-13-3-6-19-39-41(55)27-24-36-34-16-8-11-21-45(34)57-48(36)39)23-26-43(40)56-42-20-10-7-18-38(42)47-44(56)28-25-37-35-17-9-12-22-46(35)58-49(37)47/h2-5,7-8,10-16,18,21-28,31,33,40,42-43H,6,9,17,19-20,29-30H2,1H3,(H,52,53,54)/b13-3-. The molecular weight excluding hydrogens is 747 g/mol. The molecule has 0 radical (unpaired) electrons. The summed E-state index contributed by atoms with van der Waals surface area (Å²) in [5.74, 6) is 1.97. The normalized spacial score (nSPS) is 25.3. The first-order valence-corrected chi connectivity index (χ1v) is 22.7. The SMILES string of the molecule is CC1N=C(c2ccccc2)N=C(C2CC(N3C/C=C\CCc4c3ccc3c4sc4ccccc43)C=CC2N2c3ccc4c5c(sc4c3C3=CC=CCC32)C=CCC5)N1. The number of hydrogen-bond donors (Lipinski definition) is 1. The molecule has 0 amide bonds. The molecule has 58 heavy (non-hydrogen) atoms. The largest absolute Gasteiger partial charge is 0.361 e. The van der Waals surface area contributed by atoms with Gasteiger partial charge in [-0.05, 0) is 91.8 Å². The van der Waals surface area contributed by atoms with E-state index in [1.165, 1.54) is 68.8 Å². The number of benzene rings is 4. The first-order chi connectivity index (χ1) is 28.7. The molecule has 5 unspecified atom stereocenters. The fourth-order valence-electron chi connectivity index (χ4n) is 10.6. The Kier molecular flexibility index (Phi) is 8.23. The van der Waals surface area contributed by atoms with E-state index >= 15 is 0 Å². The molecule has 2 aromatic heterocycles. The van der Waals surface area contributed by atoms with Gasteiger partial charge in [0.05, 0.1) is 12.1 Å². The zero-order valence-corrected chi connectivity index (χ0v) is 34.3. The quantitative estimate of drug-likeness (QED) is 0.181. The molecule has 0 fully saturated rings. The Bertz CT molecular complexity index is 2870. The van der Waals surface area contributed by atoms with Crippen molar-refractivity contribution in [2.45, 2.75) is 69.7 Å². The van der Waals surface area contributed by atoms with Crippen LogP contribution in [-0.4, -0.2) is 42.5 Å². The molecule has 0 bridgehead atoms. The van der Waals surface area contributed by atoms with Gasteiger partial charge in [-0.1, -0.05) is 109 Å². The van der Waals surface area contributed by atoms with Crippen LogP contribution < -0.4 is 15.1 Å². The second-order valence-corrected chi connectivity index (χ2v) is 18.7. The van der Waals surface area contributed by atoms with Crippen molar-refractivity contribution < 1.29 is 0 Å². The van der Waals surface area contributed by atoms with Crippen LogP contribution in [0.2, 0.25) is 0 Å². The summed E-state index contributed by atoms with van der Waals surface area (Å²) in [6.07, 6.45) is 27.9. The number of rotatable bonds is 4. The first-order valence-electron chi connectivity index (χ1n) is 21.1. The number of allylic oxidation sites excluding steroid dienone is 4. The summed E-state index contributed by atoms with van der Waals surface area (Å²) in [4.78, 5) is 17.4. The van der Waals surface area contributed by atoms with Gasteiger partial charge in [-0.3, -0.25) is 0 Å². The van der Waals surface area contributed by atoms with Crippen LogP contribution in [0.1, 0.15) is 59.7 Å². The Morgan fingerprint density at radius 1 is 0.759 bits per heavy atom. The first kappa shape index (κ1) is 34.5. The summed E-state index contributed by atoms with van der Waals surface area (Å²) >= 11 is 3.96. The molecule has 5 atom stereocenters. The summed E-state index contributed by atoms with van der Waals surface area (Å²) < 4.78 is 4.27.